The number of allylic oxidation sites excluding steroid dienone is 1. The van der Waals surface area contributed by atoms with E-state index < -0.39 is 35.5 Å². The van der Waals surface area contributed by atoms with Gasteiger partial charge in [0, 0.05) is 18.2 Å². The van der Waals surface area contributed by atoms with Gasteiger partial charge in [-0.05, 0) is 12.5 Å². The van der Waals surface area contributed by atoms with E-state index in [1.807, 2.05) is 0 Å². The highest BCUT2D eigenvalue weighted by molar-refractivity contribution is 6.16. The Hall–Kier alpha value is -3.99. The second-order valence-electron chi connectivity index (χ2n) is 7.04. The molecule has 1 heterocycles. The molecule has 0 saturated carbocycles. The zero-order chi connectivity index (χ0) is 25.6. The summed E-state index contributed by atoms with van der Waals surface area (Å²) in [4.78, 5) is 19.6. The van der Waals surface area contributed by atoms with Crippen molar-refractivity contribution in [2.45, 2.75) is 19.2 Å². The fourth-order valence-electron chi connectivity index (χ4n) is 3.25. The molecule has 0 amide bonds. The van der Waals surface area contributed by atoms with Crippen LogP contribution in [0.15, 0.2) is 69.7 Å². The molecule has 0 bridgehead atoms. The molecule has 35 heavy (non-hydrogen) atoms. The zero-order valence-electron chi connectivity index (χ0n) is 19.0. The lowest BCUT2D eigenvalue weighted by Crippen LogP contribution is -2.23. The Morgan fingerprint density at radius 3 is 2.34 bits per heavy atom. The van der Waals surface area contributed by atoms with Gasteiger partial charge in [0.25, 0.3) is 5.89 Å². The molecule has 2 aromatic carbocycles. The van der Waals surface area contributed by atoms with E-state index in [4.69, 9.17) is 14.0 Å². The van der Waals surface area contributed by atoms with Crippen LogP contribution in [0.1, 0.15) is 30.0 Å². The monoisotopic (exact) mass is 489 g/mol. The van der Waals surface area contributed by atoms with E-state index >= 15 is 0 Å². The highest BCUT2D eigenvalue weighted by Gasteiger charge is 2.42. The van der Waals surface area contributed by atoms with Crippen LogP contribution in [0.5, 0.6) is 0 Å². The number of aliphatic hydroxyl groups is 1. The summed E-state index contributed by atoms with van der Waals surface area (Å²) in [5.41, 5.74) is -0.660. The molecule has 184 valence electrons. The number of ether oxygens (including phenoxy) is 2. The summed E-state index contributed by atoms with van der Waals surface area (Å²) in [5, 5.41) is 13.8. The van der Waals surface area contributed by atoms with Gasteiger partial charge in [0.05, 0.1) is 19.4 Å². The van der Waals surface area contributed by atoms with Crippen molar-refractivity contribution in [3.63, 3.8) is 0 Å². The van der Waals surface area contributed by atoms with Crippen molar-refractivity contribution < 1.29 is 37.1 Å². The van der Waals surface area contributed by atoms with Crippen LogP contribution in [-0.2, 0) is 14.3 Å². The third kappa shape index (κ3) is 5.75. The number of benzene rings is 2. The van der Waals surface area contributed by atoms with Crippen LogP contribution in [0.2, 0.25) is 0 Å². The molecule has 0 aliphatic rings. The summed E-state index contributed by atoms with van der Waals surface area (Å²) in [6.45, 7) is 1.73. The van der Waals surface area contributed by atoms with Crippen LogP contribution in [0.4, 0.5) is 13.2 Å². The van der Waals surface area contributed by atoms with E-state index in [0.717, 1.165) is 7.11 Å². The highest BCUT2D eigenvalue weighted by Crippen LogP contribution is 2.36. The molecule has 0 aliphatic heterocycles. The Balaban J connectivity index is 2.01. The number of rotatable bonds is 8. The molecule has 0 saturated heterocycles. The van der Waals surface area contributed by atoms with Crippen LogP contribution in [-0.4, -0.2) is 53.9 Å². The zero-order valence-corrected chi connectivity index (χ0v) is 19.0. The van der Waals surface area contributed by atoms with Crippen LogP contribution in [0.3, 0.4) is 0 Å². The van der Waals surface area contributed by atoms with E-state index in [1.54, 1.807) is 25.1 Å². The lowest BCUT2D eigenvalue weighted by atomic mass is 10.0. The fraction of sp³-hybridized carbons (Fsp3) is 0.250. The second kappa shape index (κ2) is 11.0. The normalized spacial score (nSPS) is 13.7. The Bertz CT molecular complexity index is 1220. The van der Waals surface area contributed by atoms with Gasteiger partial charge >= 0.3 is 12.1 Å². The lowest BCUT2D eigenvalue weighted by molar-refractivity contribution is -0.153. The first-order valence-electron chi connectivity index (χ1n) is 10.4. The van der Waals surface area contributed by atoms with Crippen LogP contribution < -0.4 is 0 Å². The number of carbonyl (C=O) groups excluding carboxylic acids is 1. The summed E-state index contributed by atoms with van der Waals surface area (Å²) < 4.78 is 57.5. The standard InChI is InChI=1S/C24H22F3N3O5/c1-4-34-23(32)19(31)15-10-12-16(13-11-15)21-29-22(35-30-21)20(33-3)17(24(25,26)27)18(28-2)14-8-6-5-7-9-14/h5-13,19,31H,4H2,1-3H3/b20-17+,28-18-. The third-order valence-corrected chi connectivity index (χ3v) is 4.84. The molecule has 3 aromatic rings. The number of hydrogen-bond acceptors (Lipinski definition) is 8. The number of aromatic nitrogens is 2. The maximum atomic E-state index is 14.2. The Kier molecular flexibility index (Phi) is 8.02. The SMILES string of the molecule is CCOC(=O)C(O)c1ccc(-c2noc(/C(OC)=C(/C(=N\C)c3ccccc3)C(F)(F)F)n2)cc1. The quantitative estimate of drug-likeness (QED) is 0.284. The number of halogens is 3. The molecule has 1 aromatic heterocycles. The van der Waals surface area contributed by atoms with Gasteiger partial charge in [-0.2, -0.15) is 18.2 Å². The molecule has 0 fully saturated rings. The number of methoxy groups -OCH3 is 1. The topological polar surface area (TPSA) is 107 Å². The van der Waals surface area contributed by atoms with Crippen molar-refractivity contribution in [3.8, 4) is 11.4 Å². The van der Waals surface area contributed by atoms with E-state index in [1.165, 1.54) is 43.4 Å². The second-order valence-corrected chi connectivity index (χ2v) is 7.04. The lowest BCUT2D eigenvalue weighted by Gasteiger charge is -2.17. The van der Waals surface area contributed by atoms with Crippen LogP contribution >= 0.6 is 0 Å². The van der Waals surface area contributed by atoms with Crippen molar-refractivity contribution in [2.75, 3.05) is 20.8 Å². The number of alkyl halides is 3. The maximum absolute atomic E-state index is 14.2. The van der Waals surface area contributed by atoms with Gasteiger partial charge in [0.15, 0.2) is 11.9 Å². The van der Waals surface area contributed by atoms with E-state index in [0.29, 0.717) is 5.56 Å². The van der Waals surface area contributed by atoms with Crippen molar-refractivity contribution >= 4 is 17.4 Å². The van der Waals surface area contributed by atoms with Gasteiger partial charge in [-0.1, -0.05) is 59.8 Å². The summed E-state index contributed by atoms with van der Waals surface area (Å²) in [6, 6.07) is 13.7. The minimum absolute atomic E-state index is 0.0250. The Morgan fingerprint density at radius 2 is 1.80 bits per heavy atom. The van der Waals surface area contributed by atoms with Gasteiger partial charge in [-0.25, -0.2) is 4.79 Å². The van der Waals surface area contributed by atoms with Gasteiger partial charge < -0.3 is 19.1 Å². The number of nitrogens with zero attached hydrogens (tertiary/aromatic N) is 3. The van der Waals surface area contributed by atoms with Gasteiger partial charge in [-0.15, -0.1) is 0 Å². The number of hydrogen-bond donors (Lipinski definition) is 1. The molecule has 0 radical (unpaired) electrons. The average Bonchev–Trinajstić information content (AvgIpc) is 3.34. The number of esters is 1. The largest absolute Gasteiger partial charge is 0.491 e. The van der Waals surface area contributed by atoms with Gasteiger partial charge in [0.1, 0.15) is 5.57 Å². The van der Waals surface area contributed by atoms with Crippen molar-refractivity contribution in [2.24, 2.45) is 4.99 Å². The molecule has 11 heteroatoms. The molecule has 1 unspecified atom stereocenters. The summed E-state index contributed by atoms with van der Waals surface area (Å²) in [6.07, 6.45) is -6.33. The molecule has 1 atom stereocenters. The first-order chi connectivity index (χ1) is 16.7. The maximum Gasteiger partial charge on any atom is 0.422 e. The minimum atomic E-state index is -4.85. The van der Waals surface area contributed by atoms with E-state index in [9.17, 15) is 23.1 Å². The summed E-state index contributed by atoms with van der Waals surface area (Å²) >= 11 is 0. The van der Waals surface area contributed by atoms with Crippen molar-refractivity contribution in [3.05, 3.63) is 77.2 Å². The van der Waals surface area contributed by atoms with Crippen molar-refractivity contribution in [1.29, 1.82) is 0 Å². The number of carbonyl (C=O) groups is 1. The Labute approximate surface area is 198 Å². The summed E-state index contributed by atoms with van der Waals surface area (Å²) in [7, 11) is 2.31. The molecule has 3 rings (SSSR count). The average molecular weight is 489 g/mol. The molecule has 1 N–H and O–H groups in total. The van der Waals surface area contributed by atoms with E-state index in [2.05, 4.69) is 15.1 Å². The molecule has 0 spiro atoms. The Morgan fingerprint density at radius 1 is 1.14 bits per heavy atom. The first-order valence-corrected chi connectivity index (χ1v) is 10.4. The van der Waals surface area contributed by atoms with Crippen molar-refractivity contribution in [1.82, 2.24) is 10.1 Å². The van der Waals surface area contributed by atoms with E-state index in [-0.39, 0.29) is 29.3 Å². The summed E-state index contributed by atoms with van der Waals surface area (Å²) in [5.74, 6) is -2.01. The number of aliphatic imine (C=N–C) groups is 1. The molecule has 0 aliphatic carbocycles. The first kappa shape index (κ1) is 25.6. The fourth-order valence-corrected chi connectivity index (χ4v) is 3.25. The van der Waals surface area contributed by atoms with Gasteiger partial charge in [-0.3, -0.25) is 4.99 Å². The van der Waals surface area contributed by atoms with Gasteiger partial charge in [0.2, 0.25) is 5.82 Å². The molecular weight excluding hydrogens is 467 g/mol. The highest BCUT2D eigenvalue weighted by atomic mass is 19.4. The molecule has 8 nitrogen and oxygen atoms in total. The number of aliphatic hydroxyl groups excluding tert-OH is 1. The smallest absolute Gasteiger partial charge is 0.422 e. The third-order valence-electron chi connectivity index (χ3n) is 4.84. The minimum Gasteiger partial charge on any atom is -0.491 e. The predicted octanol–water partition coefficient (Wildman–Crippen LogP) is 4.37. The predicted molar refractivity (Wildman–Crippen MR) is 120 cm³/mol. The van der Waals surface area contributed by atoms with Crippen LogP contribution in [0.25, 0.3) is 17.1 Å². The van der Waals surface area contributed by atoms with Crippen LogP contribution in [0, 0.1) is 0 Å². The molecular formula is C24H22F3N3O5.